The summed E-state index contributed by atoms with van der Waals surface area (Å²) in [5.74, 6) is -0.638. The molecule has 1 unspecified atom stereocenters. The zero-order valence-corrected chi connectivity index (χ0v) is 12.1. The summed E-state index contributed by atoms with van der Waals surface area (Å²) in [6, 6.07) is 5.32. The fraction of sp³-hybridized carbons (Fsp3) is 0.400. The van der Waals surface area contributed by atoms with Gasteiger partial charge in [-0.25, -0.2) is 4.98 Å². The Balaban J connectivity index is 1.91. The first-order valence-electron chi connectivity index (χ1n) is 7.27. The lowest BCUT2D eigenvalue weighted by molar-refractivity contribution is -0.117. The summed E-state index contributed by atoms with van der Waals surface area (Å²) >= 11 is 0. The van der Waals surface area contributed by atoms with Gasteiger partial charge in [-0.3, -0.25) is 9.59 Å². The number of nitrogens with two attached hydrogens (primary N) is 1. The fourth-order valence-corrected chi connectivity index (χ4v) is 2.79. The maximum Gasteiger partial charge on any atom is 0.274 e. The zero-order chi connectivity index (χ0) is 15.7. The van der Waals surface area contributed by atoms with Crippen molar-refractivity contribution in [3.8, 4) is 0 Å². The number of carbonyl (C=O) groups is 2. The number of imidazole rings is 1. The highest BCUT2D eigenvalue weighted by atomic mass is 16.3. The molecular formula is C15H18N4O3. The highest BCUT2D eigenvalue weighted by Gasteiger charge is 2.25. The summed E-state index contributed by atoms with van der Waals surface area (Å²) in [6.07, 6.45) is 2.74. The van der Waals surface area contributed by atoms with E-state index in [0.717, 1.165) is 12.8 Å². The minimum absolute atomic E-state index is 0.0871. The molecule has 0 radical (unpaired) electrons. The predicted octanol–water partition coefficient (Wildman–Crippen LogP) is -0.0410. The van der Waals surface area contributed by atoms with Crippen molar-refractivity contribution in [1.82, 2.24) is 14.3 Å². The minimum Gasteiger partial charge on any atom is -0.391 e. The molecule has 3 heterocycles. The Morgan fingerprint density at radius 1 is 1.41 bits per heavy atom. The van der Waals surface area contributed by atoms with E-state index >= 15 is 0 Å². The average molecular weight is 302 g/mol. The molecule has 0 bridgehead atoms. The second kappa shape index (κ2) is 5.76. The average Bonchev–Trinajstić information content (AvgIpc) is 2.91. The number of aromatic nitrogens is 2. The molecular weight excluding hydrogens is 284 g/mol. The first-order valence-corrected chi connectivity index (χ1v) is 7.27. The number of hydrogen-bond acceptors (Lipinski definition) is 4. The van der Waals surface area contributed by atoms with E-state index in [2.05, 4.69) is 4.98 Å². The van der Waals surface area contributed by atoms with Gasteiger partial charge in [0.2, 0.25) is 5.91 Å². The van der Waals surface area contributed by atoms with Gasteiger partial charge in [-0.15, -0.1) is 0 Å². The second-order valence-corrected chi connectivity index (χ2v) is 5.56. The SMILES string of the molecule is NC(=O)Cc1cccc2nc(C(=O)N3CCCC(O)C3)cn12. The van der Waals surface area contributed by atoms with Crippen LogP contribution in [0.2, 0.25) is 0 Å². The number of aliphatic hydroxyl groups is 1. The zero-order valence-electron chi connectivity index (χ0n) is 12.1. The van der Waals surface area contributed by atoms with Crippen LogP contribution in [0.5, 0.6) is 0 Å². The van der Waals surface area contributed by atoms with Gasteiger partial charge >= 0.3 is 0 Å². The highest BCUT2D eigenvalue weighted by molar-refractivity contribution is 5.93. The van der Waals surface area contributed by atoms with E-state index in [1.165, 1.54) is 0 Å². The van der Waals surface area contributed by atoms with Crippen LogP contribution in [0.4, 0.5) is 0 Å². The first-order chi connectivity index (χ1) is 10.5. The molecule has 22 heavy (non-hydrogen) atoms. The number of likely N-dealkylation sites (tertiary alicyclic amines) is 1. The number of piperidine rings is 1. The lowest BCUT2D eigenvalue weighted by atomic mass is 10.1. The van der Waals surface area contributed by atoms with E-state index in [1.54, 1.807) is 33.7 Å². The summed E-state index contributed by atoms with van der Waals surface area (Å²) in [6.45, 7) is 0.957. The Labute approximate surface area is 127 Å². The maximum absolute atomic E-state index is 12.5. The van der Waals surface area contributed by atoms with Crippen molar-refractivity contribution in [2.45, 2.75) is 25.4 Å². The molecule has 1 aliphatic heterocycles. The molecule has 1 fully saturated rings. The molecule has 2 amide bonds. The van der Waals surface area contributed by atoms with E-state index in [1.807, 2.05) is 0 Å². The highest BCUT2D eigenvalue weighted by Crippen LogP contribution is 2.15. The second-order valence-electron chi connectivity index (χ2n) is 5.56. The number of nitrogens with zero attached hydrogens (tertiary/aromatic N) is 3. The fourth-order valence-electron chi connectivity index (χ4n) is 2.79. The first kappa shape index (κ1) is 14.5. The number of hydrogen-bond donors (Lipinski definition) is 2. The molecule has 3 rings (SSSR count). The van der Waals surface area contributed by atoms with E-state index in [0.29, 0.717) is 30.1 Å². The number of β-amino-alcohol motifs (C(OH)–C–C–N with tert-alkyl or cyclic N) is 1. The van der Waals surface area contributed by atoms with Crippen molar-refractivity contribution in [3.63, 3.8) is 0 Å². The number of pyridine rings is 1. The maximum atomic E-state index is 12.5. The Kier molecular flexibility index (Phi) is 3.81. The van der Waals surface area contributed by atoms with Crippen molar-refractivity contribution >= 4 is 17.5 Å². The topological polar surface area (TPSA) is 101 Å². The Morgan fingerprint density at radius 2 is 2.23 bits per heavy atom. The Hall–Kier alpha value is -2.41. The van der Waals surface area contributed by atoms with Crippen LogP contribution >= 0.6 is 0 Å². The molecule has 2 aromatic heterocycles. The van der Waals surface area contributed by atoms with Gasteiger partial charge in [0.05, 0.1) is 12.5 Å². The third kappa shape index (κ3) is 2.80. The summed E-state index contributed by atoms with van der Waals surface area (Å²) in [5.41, 5.74) is 6.84. The van der Waals surface area contributed by atoms with Crippen molar-refractivity contribution < 1.29 is 14.7 Å². The van der Waals surface area contributed by atoms with Crippen LogP contribution in [0, 0.1) is 0 Å². The number of aliphatic hydroxyl groups excluding tert-OH is 1. The Morgan fingerprint density at radius 3 is 2.95 bits per heavy atom. The van der Waals surface area contributed by atoms with Crippen molar-refractivity contribution in [2.24, 2.45) is 5.73 Å². The van der Waals surface area contributed by atoms with Crippen LogP contribution in [0.3, 0.4) is 0 Å². The van der Waals surface area contributed by atoms with Crippen molar-refractivity contribution in [3.05, 3.63) is 35.8 Å². The van der Waals surface area contributed by atoms with Gasteiger partial charge in [0.15, 0.2) is 0 Å². The van der Waals surface area contributed by atoms with Gasteiger partial charge in [0.25, 0.3) is 5.91 Å². The number of amides is 2. The molecule has 1 saturated heterocycles. The monoisotopic (exact) mass is 302 g/mol. The molecule has 116 valence electrons. The van der Waals surface area contributed by atoms with Gasteiger partial charge in [-0.05, 0) is 25.0 Å². The molecule has 0 aliphatic carbocycles. The number of primary amides is 1. The van der Waals surface area contributed by atoms with Crippen molar-refractivity contribution in [2.75, 3.05) is 13.1 Å². The summed E-state index contributed by atoms with van der Waals surface area (Å²) < 4.78 is 1.71. The standard InChI is InChI=1S/C15H18N4O3/c16-13(21)7-10-3-1-5-14-17-12(9-19(10)14)15(22)18-6-2-4-11(20)8-18/h1,3,5,9,11,20H,2,4,6-8H2,(H2,16,21). The molecule has 7 heteroatoms. The summed E-state index contributed by atoms with van der Waals surface area (Å²) in [5, 5.41) is 9.69. The lowest BCUT2D eigenvalue weighted by Gasteiger charge is -2.29. The van der Waals surface area contributed by atoms with Gasteiger partial charge in [0, 0.05) is 25.0 Å². The molecule has 7 nitrogen and oxygen atoms in total. The Bertz CT molecular complexity index is 725. The quantitative estimate of drug-likeness (QED) is 0.830. The van der Waals surface area contributed by atoms with Crippen LogP contribution in [-0.4, -0.2) is 50.4 Å². The van der Waals surface area contributed by atoms with E-state index in [9.17, 15) is 14.7 Å². The minimum atomic E-state index is -0.472. The molecule has 1 aliphatic rings. The molecule has 1 atom stereocenters. The van der Waals surface area contributed by atoms with Crippen molar-refractivity contribution in [1.29, 1.82) is 0 Å². The number of carbonyl (C=O) groups excluding carboxylic acids is 2. The van der Waals surface area contributed by atoms with E-state index < -0.39 is 12.0 Å². The third-order valence-corrected chi connectivity index (χ3v) is 3.83. The van der Waals surface area contributed by atoms with E-state index in [4.69, 9.17) is 5.73 Å². The van der Waals surface area contributed by atoms with Crippen LogP contribution in [0.25, 0.3) is 5.65 Å². The predicted molar refractivity (Wildman–Crippen MR) is 79.2 cm³/mol. The van der Waals surface area contributed by atoms with E-state index in [-0.39, 0.29) is 12.3 Å². The molecule has 0 spiro atoms. The largest absolute Gasteiger partial charge is 0.391 e. The van der Waals surface area contributed by atoms with Crippen LogP contribution < -0.4 is 5.73 Å². The summed E-state index contributed by atoms with van der Waals surface area (Å²) in [4.78, 5) is 29.6. The van der Waals surface area contributed by atoms with Crippen LogP contribution in [0.1, 0.15) is 29.0 Å². The molecule has 2 aromatic rings. The lowest BCUT2D eigenvalue weighted by Crippen LogP contribution is -2.42. The summed E-state index contributed by atoms with van der Waals surface area (Å²) in [7, 11) is 0. The number of fused-ring (bicyclic) bond motifs is 1. The third-order valence-electron chi connectivity index (χ3n) is 3.83. The normalized spacial score (nSPS) is 18.6. The van der Waals surface area contributed by atoms with Gasteiger partial charge in [-0.2, -0.15) is 0 Å². The van der Waals surface area contributed by atoms with Gasteiger partial charge < -0.3 is 20.1 Å². The molecule has 0 saturated carbocycles. The number of rotatable bonds is 3. The van der Waals surface area contributed by atoms with Gasteiger partial charge in [0.1, 0.15) is 11.3 Å². The van der Waals surface area contributed by atoms with Gasteiger partial charge in [-0.1, -0.05) is 6.07 Å². The molecule has 3 N–H and O–H groups in total. The smallest absolute Gasteiger partial charge is 0.274 e. The van der Waals surface area contributed by atoms with Crippen LogP contribution in [0.15, 0.2) is 24.4 Å². The van der Waals surface area contributed by atoms with Crippen LogP contribution in [-0.2, 0) is 11.2 Å². The molecule has 0 aromatic carbocycles.